The van der Waals surface area contributed by atoms with Crippen molar-refractivity contribution in [2.24, 2.45) is 0 Å². The van der Waals surface area contributed by atoms with Gasteiger partial charge in [-0.2, -0.15) is 0 Å². The van der Waals surface area contributed by atoms with E-state index in [9.17, 15) is 0 Å². The topological polar surface area (TPSA) is 39.1 Å². The molecule has 0 spiro atoms. The van der Waals surface area contributed by atoms with Crippen molar-refractivity contribution in [2.75, 3.05) is 12.4 Å². The van der Waals surface area contributed by atoms with Crippen molar-refractivity contribution in [3.05, 3.63) is 35.7 Å². The van der Waals surface area contributed by atoms with Crippen molar-refractivity contribution in [3.8, 4) is 5.75 Å². The van der Waals surface area contributed by atoms with Crippen LogP contribution in [0.2, 0.25) is 0 Å². The second-order valence-corrected chi connectivity index (χ2v) is 5.08. The summed E-state index contributed by atoms with van der Waals surface area (Å²) >= 11 is 0. The van der Waals surface area contributed by atoms with Gasteiger partial charge < -0.3 is 14.6 Å². The first-order chi connectivity index (χ1) is 9.63. The molecule has 2 aromatic rings. The summed E-state index contributed by atoms with van der Waals surface area (Å²) in [6, 6.07) is 6.09. The second kappa shape index (κ2) is 6.46. The predicted octanol–water partition coefficient (Wildman–Crippen LogP) is 4.05. The van der Waals surface area contributed by atoms with E-state index in [2.05, 4.69) is 41.0 Å². The third kappa shape index (κ3) is 3.32. The van der Waals surface area contributed by atoms with E-state index in [1.165, 1.54) is 12.0 Å². The number of imidazole rings is 1. The first-order valence-corrected chi connectivity index (χ1v) is 7.09. The molecule has 4 heteroatoms. The van der Waals surface area contributed by atoms with Gasteiger partial charge in [0.15, 0.2) is 0 Å². The Kier molecular flexibility index (Phi) is 4.66. The average Bonchev–Trinajstić information content (AvgIpc) is 2.77. The highest BCUT2D eigenvalue weighted by molar-refractivity contribution is 5.64. The number of methoxy groups -OCH3 is 1. The lowest BCUT2D eigenvalue weighted by Crippen LogP contribution is -2.04. The molecule has 0 radical (unpaired) electrons. The standard InChI is InChI=1S/C16H23N3O/c1-5-6-9-19-11-13(3)17-16(19)18-14-10-12(2)7-8-15(14)20-4/h7-8,10-11H,5-6,9H2,1-4H3,(H,17,18). The van der Waals surface area contributed by atoms with Crippen LogP contribution in [0.4, 0.5) is 11.6 Å². The molecule has 20 heavy (non-hydrogen) atoms. The Morgan fingerprint density at radius 1 is 1.30 bits per heavy atom. The van der Waals surface area contributed by atoms with Crippen molar-refractivity contribution >= 4 is 11.6 Å². The van der Waals surface area contributed by atoms with Gasteiger partial charge in [-0.15, -0.1) is 0 Å². The van der Waals surface area contributed by atoms with E-state index in [4.69, 9.17) is 4.74 Å². The molecule has 0 bridgehead atoms. The molecule has 0 aliphatic heterocycles. The van der Waals surface area contributed by atoms with Crippen LogP contribution < -0.4 is 10.1 Å². The smallest absolute Gasteiger partial charge is 0.207 e. The molecule has 0 aliphatic carbocycles. The second-order valence-electron chi connectivity index (χ2n) is 5.08. The number of nitrogens with zero attached hydrogens (tertiary/aromatic N) is 2. The van der Waals surface area contributed by atoms with Gasteiger partial charge in [0.2, 0.25) is 5.95 Å². The zero-order valence-electron chi connectivity index (χ0n) is 12.7. The highest BCUT2D eigenvalue weighted by Crippen LogP contribution is 2.28. The Bertz CT molecular complexity index is 575. The average molecular weight is 273 g/mol. The number of aryl methyl sites for hydroxylation is 3. The van der Waals surface area contributed by atoms with Crippen LogP contribution in [0.15, 0.2) is 24.4 Å². The molecule has 1 aromatic heterocycles. The molecule has 108 valence electrons. The van der Waals surface area contributed by atoms with Crippen molar-refractivity contribution < 1.29 is 4.74 Å². The van der Waals surface area contributed by atoms with Gasteiger partial charge in [0.1, 0.15) is 5.75 Å². The third-order valence-electron chi connectivity index (χ3n) is 3.25. The normalized spacial score (nSPS) is 10.6. The number of nitrogens with one attached hydrogen (secondary N) is 1. The molecule has 0 saturated heterocycles. The third-order valence-corrected chi connectivity index (χ3v) is 3.25. The lowest BCUT2D eigenvalue weighted by Gasteiger charge is -2.13. The van der Waals surface area contributed by atoms with Crippen LogP contribution in [0.3, 0.4) is 0 Å². The van der Waals surface area contributed by atoms with Gasteiger partial charge in [-0.05, 0) is 38.0 Å². The minimum Gasteiger partial charge on any atom is -0.495 e. The number of aromatic nitrogens is 2. The van der Waals surface area contributed by atoms with Gasteiger partial charge in [0.25, 0.3) is 0 Å². The molecule has 1 heterocycles. The fourth-order valence-corrected chi connectivity index (χ4v) is 2.19. The van der Waals surface area contributed by atoms with Gasteiger partial charge in [-0.1, -0.05) is 19.4 Å². The Labute approximate surface area is 120 Å². The van der Waals surface area contributed by atoms with E-state index in [1.54, 1.807) is 7.11 Å². The van der Waals surface area contributed by atoms with E-state index >= 15 is 0 Å². The first-order valence-electron chi connectivity index (χ1n) is 7.09. The number of anilines is 2. The molecule has 4 nitrogen and oxygen atoms in total. The van der Waals surface area contributed by atoms with Gasteiger partial charge in [-0.25, -0.2) is 4.98 Å². The molecule has 1 aromatic carbocycles. The number of unbranched alkanes of at least 4 members (excludes halogenated alkanes) is 1. The quantitative estimate of drug-likeness (QED) is 0.863. The number of rotatable bonds is 6. The molecule has 0 atom stereocenters. The van der Waals surface area contributed by atoms with Crippen LogP contribution in [0.1, 0.15) is 31.0 Å². The molecular formula is C16H23N3O. The maximum atomic E-state index is 5.40. The van der Waals surface area contributed by atoms with Gasteiger partial charge in [0, 0.05) is 12.7 Å². The molecule has 0 fully saturated rings. The number of ether oxygens (including phenoxy) is 1. The number of hydrogen-bond donors (Lipinski definition) is 1. The van der Waals surface area contributed by atoms with Crippen molar-refractivity contribution in [3.63, 3.8) is 0 Å². The van der Waals surface area contributed by atoms with E-state index < -0.39 is 0 Å². The zero-order valence-corrected chi connectivity index (χ0v) is 12.7. The first kappa shape index (κ1) is 14.4. The maximum absolute atomic E-state index is 5.40. The van der Waals surface area contributed by atoms with Gasteiger partial charge in [-0.3, -0.25) is 0 Å². The summed E-state index contributed by atoms with van der Waals surface area (Å²) in [5.74, 6) is 1.71. The fraction of sp³-hybridized carbons (Fsp3) is 0.438. The number of benzene rings is 1. The molecule has 0 aliphatic rings. The Morgan fingerprint density at radius 2 is 2.10 bits per heavy atom. The lowest BCUT2D eigenvalue weighted by atomic mass is 10.2. The number of hydrogen-bond acceptors (Lipinski definition) is 3. The van der Waals surface area contributed by atoms with E-state index in [1.807, 2.05) is 19.1 Å². The van der Waals surface area contributed by atoms with Crippen molar-refractivity contribution in [1.82, 2.24) is 9.55 Å². The monoisotopic (exact) mass is 273 g/mol. The molecule has 0 amide bonds. The van der Waals surface area contributed by atoms with Crippen LogP contribution in [0, 0.1) is 13.8 Å². The van der Waals surface area contributed by atoms with Crippen molar-refractivity contribution in [1.29, 1.82) is 0 Å². The summed E-state index contributed by atoms with van der Waals surface area (Å²) in [6.07, 6.45) is 4.40. The van der Waals surface area contributed by atoms with Crippen molar-refractivity contribution in [2.45, 2.75) is 40.2 Å². The molecule has 1 N–H and O–H groups in total. The summed E-state index contributed by atoms with van der Waals surface area (Å²) in [5, 5.41) is 3.39. The maximum Gasteiger partial charge on any atom is 0.207 e. The van der Waals surface area contributed by atoms with E-state index in [0.717, 1.165) is 36.0 Å². The highest BCUT2D eigenvalue weighted by Gasteiger charge is 2.09. The van der Waals surface area contributed by atoms with Crippen LogP contribution in [0.25, 0.3) is 0 Å². The Balaban J connectivity index is 2.27. The highest BCUT2D eigenvalue weighted by atomic mass is 16.5. The summed E-state index contributed by atoms with van der Waals surface area (Å²) in [5.41, 5.74) is 3.17. The molecule has 2 rings (SSSR count). The largest absolute Gasteiger partial charge is 0.495 e. The fourth-order valence-electron chi connectivity index (χ4n) is 2.19. The van der Waals surface area contributed by atoms with E-state index in [-0.39, 0.29) is 0 Å². The molecule has 0 unspecified atom stereocenters. The van der Waals surface area contributed by atoms with Crippen LogP contribution >= 0.6 is 0 Å². The van der Waals surface area contributed by atoms with E-state index in [0.29, 0.717) is 0 Å². The van der Waals surface area contributed by atoms with Crippen LogP contribution in [-0.4, -0.2) is 16.7 Å². The summed E-state index contributed by atoms with van der Waals surface area (Å²) < 4.78 is 7.57. The predicted molar refractivity (Wildman–Crippen MR) is 82.9 cm³/mol. The minimum atomic E-state index is 0.832. The lowest BCUT2D eigenvalue weighted by molar-refractivity contribution is 0.416. The Hall–Kier alpha value is -1.97. The summed E-state index contributed by atoms with van der Waals surface area (Å²) in [6.45, 7) is 7.26. The minimum absolute atomic E-state index is 0.832. The SMILES string of the molecule is CCCCn1cc(C)nc1Nc1cc(C)ccc1OC. The zero-order chi connectivity index (χ0) is 14.5. The molecule has 0 saturated carbocycles. The summed E-state index contributed by atoms with van der Waals surface area (Å²) in [4.78, 5) is 4.56. The molecular weight excluding hydrogens is 250 g/mol. The van der Waals surface area contributed by atoms with Crippen LogP contribution in [-0.2, 0) is 6.54 Å². The Morgan fingerprint density at radius 3 is 2.80 bits per heavy atom. The van der Waals surface area contributed by atoms with Gasteiger partial charge in [0.05, 0.1) is 18.5 Å². The van der Waals surface area contributed by atoms with Gasteiger partial charge >= 0.3 is 0 Å². The summed E-state index contributed by atoms with van der Waals surface area (Å²) in [7, 11) is 1.69. The van der Waals surface area contributed by atoms with Crippen LogP contribution in [0.5, 0.6) is 5.75 Å².